The van der Waals surface area contributed by atoms with Crippen LogP contribution in [-0.4, -0.2) is 13.2 Å². The molecule has 1 unspecified atom stereocenters. The van der Waals surface area contributed by atoms with Crippen LogP contribution >= 0.6 is 0 Å². The zero-order valence-corrected chi connectivity index (χ0v) is 9.38. The maximum Gasteiger partial charge on any atom is 0.126 e. The van der Waals surface area contributed by atoms with E-state index in [1.54, 1.807) is 0 Å². The Labute approximate surface area is 98.8 Å². The van der Waals surface area contributed by atoms with Crippen LogP contribution in [0.5, 0.6) is 0 Å². The van der Waals surface area contributed by atoms with Gasteiger partial charge >= 0.3 is 0 Å². The minimum atomic E-state index is -0.640. The zero-order chi connectivity index (χ0) is 12.3. The van der Waals surface area contributed by atoms with Crippen LogP contribution in [0.25, 0.3) is 0 Å². The molecule has 0 spiro atoms. The van der Waals surface area contributed by atoms with Crippen molar-refractivity contribution < 1.29 is 13.5 Å². The van der Waals surface area contributed by atoms with Crippen molar-refractivity contribution in [2.45, 2.75) is 19.3 Å². The van der Waals surface area contributed by atoms with Crippen molar-refractivity contribution >= 4 is 0 Å². The molecular formula is C13H13F2NO. The lowest BCUT2D eigenvalue weighted by atomic mass is 9.78. The molecule has 1 fully saturated rings. The third-order valence-electron chi connectivity index (χ3n) is 3.02. The summed E-state index contributed by atoms with van der Waals surface area (Å²) in [5, 5.41) is 9.22. The molecular weight excluding hydrogens is 224 g/mol. The van der Waals surface area contributed by atoms with Crippen LogP contribution in [0.15, 0.2) is 18.2 Å². The molecule has 0 saturated carbocycles. The van der Waals surface area contributed by atoms with Gasteiger partial charge < -0.3 is 4.74 Å². The van der Waals surface area contributed by atoms with E-state index in [0.717, 1.165) is 12.5 Å². The van der Waals surface area contributed by atoms with E-state index in [1.807, 2.05) is 0 Å². The number of halogens is 2. The predicted molar refractivity (Wildman–Crippen MR) is 58.2 cm³/mol. The first kappa shape index (κ1) is 12.0. The Morgan fingerprint density at radius 2 is 2.00 bits per heavy atom. The first-order valence-corrected chi connectivity index (χ1v) is 5.58. The summed E-state index contributed by atoms with van der Waals surface area (Å²) in [7, 11) is 0. The molecule has 0 radical (unpaired) electrons. The Hall–Kier alpha value is -1.47. The van der Waals surface area contributed by atoms with Gasteiger partial charge in [-0.05, 0) is 37.0 Å². The van der Waals surface area contributed by atoms with Gasteiger partial charge in [-0.15, -0.1) is 0 Å². The second-order valence-corrected chi connectivity index (χ2v) is 4.50. The van der Waals surface area contributed by atoms with Gasteiger partial charge in [0.2, 0.25) is 0 Å². The van der Waals surface area contributed by atoms with Crippen LogP contribution in [0.1, 0.15) is 18.4 Å². The van der Waals surface area contributed by atoms with E-state index in [-0.39, 0.29) is 0 Å². The molecule has 2 nitrogen and oxygen atoms in total. The highest BCUT2D eigenvalue weighted by molar-refractivity contribution is 5.22. The van der Waals surface area contributed by atoms with E-state index in [4.69, 9.17) is 4.74 Å². The molecule has 4 heteroatoms. The summed E-state index contributed by atoms with van der Waals surface area (Å²) < 4.78 is 31.4. The topological polar surface area (TPSA) is 33.0 Å². The fourth-order valence-electron chi connectivity index (χ4n) is 2.22. The number of ether oxygens (including phenoxy) is 1. The Morgan fingerprint density at radius 1 is 1.29 bits per heavy atom. The summed E-state index contributed by atoms with van der Waals surface area (Å²) >= 11 is 0. The van der Waals surface area contributed by atoms with E-state index in [1.165, 1.54) is 12.1 Å². The number of hydrogen-bond acceptors (Lipinski definition) is 2. The molecule has 2 rings (SSSR count). The number of nitriles is 1. The lowest BCUT2D eigenvalue weighted by Crippen LogP contribution is -2.32. The SMILES string of the molecule is N#CC1(Cc2cc(F)cc(F)c2)CCCOC1. The van der Waals surface area contributed by atoms with E-state index >= 15 is 0 Å². The number of rotatable bonds is 2. The minimum Gasteiger partial charge on any atom is -0.380 e. The van der Waals surface area contributed by atoms with Crippen LogP contribution in [0, 0.1) is 28.4 Å². The fourth-order valence-corrected chi connectivity index (χ4v) is 2.22. The molecule has 0 N–H and O–H groups in total. The minimum absolute atomic E-state index is 0.332. The third-order valence-corrected chi connectivity index (χ3v) is 3.02. The number of benzene rings is 1. The van der Waals surface area contributed by atoms with Crippen molar-refractivity contribution in [3.8, 4) is 6.07 Å². The predicted octanol–water partition coefficient (Wildman–Crippen LogP) is 2.83. The highest BCUT2D eigenvalue weighted by Gasteiger charge is 2.33. The van der Waals surface area contributed by atoms with Crippen LogP contribution in [0.2, 0.25) is 0 Å². The van der Waals surface area contributed by atoms with E-state index in [0.29, 0.717) is 31.6 Å². The van der Waals surface area contributed by atoms with Gasteiger partial charge in [0, 0.05) is 12.7 Å². The van der Waals surface area contributed by atoms with Gasteiger partial charge in [-0.1, -0.05) is 0 Å². The second kappa shape index (κ2) is 4.80. The molecule has 1 atom stereocenters. The Kier molecular flexibility index (Phi) is 3.39. The summed E-state index contributed by atoms with van der Waals surface area (Å²) in [6, 6.07) is 5.62. The summed E-state index contributed by atoms with van der Waals surface area (Å²) in [5.41, 5.74) is -0.132. The highest BCUT2D eigenvalue weighted by atomic mass is 19.1. The lowest BCUT2D eigenvalue weighted by Gasteiger charge is -2.30. The van der Waals surface area contributed by atoms with Gasteiger partial charge in [0.15, 0.2) is 0 Å². The van der Waals surface area contributed by atoms with Crippen molar-refractivity contribution in [2.75, 3.05) is 13.2 Å². The molecule has 0 bridgehead atoms. The maximum absolute atomic E-state index is 13.1. The molecule has 0 aliphatic carbocycles. The zero-order valence-electron chi connectivity index (χ0n) is 9.38. The van der Waals surface area contributed by atoms with Crippen LogP contribution < -0.4 is 0 Å². The Bertz CT molecular complexity index is 427. The molecule has 0 aromatic heterocycles. The quantitative estimate of drug-likeness (QED) is 0.792. The van der Waals surface area contributed by atoms with Crippen molar-refractivity contribution in [3.63, 3.8) is 0 Å². The van der Waals surface area contributed by atoms with Crippen molar-refractivity contribution in [1.82, 2.24) is 0 Å². The normalized spacial score (nSPS) is 24.3. The summed E-state index contributed by atoms with van der Waals surface area (Å²) in [6.07, 6.45) is 1.85. The van der Waals surface area contributed by atoms with Crippen molar-refractivity contribution in [3.05, 3.63) is 35.4 Å². The summed E-state index contributed by atoms with van der Waals surface area (Å²) in [5.74, 6) is -1.21. The van der Waals surface area contributed by atoms with E-state index in [9.17, 15) is 14.0 Å². The average Bonchev–Trinajstić information content (AvgIpc) is 2.29. The monoisotopic (exact) mass is 237 g/mol. The van der Waals surface area contributed by atoms with Gasteiger partial charge in [-0.25, -0.2) is 8.78 Å². The molecule has 90 valence electrons. The second-order valence-electron chi connectivity index (χ2n) is 4.50. The molecule has 0 amide bonds. The standard InChI is InChI=1S/C13H13F2NO/c14-11-4-10(5-12(15)6-11)7-13(8-16)2-1-3-17-9-13/h4-6H,1-3,7,9H2. The van der Waals surface area contributed by atoms with Gasteiger partial charge in [0.1, 0.15) is 11.6 Å². The molecule has 1 heterocycles. The summed E-state index contributed by atoms with van der Waals surface area (Å²) in [4.78, 5) is 0. The van der Waals surface area contributed by atoms with Gasteiger partial charge in [-0.3, -0.25) is 0 Å². The van der Waals surface area contributed by atoms with Gasteiger partial charge in [0.05, 0.1) is 18.1 Å². The molecule has 1 aliphatic heterocycles. The van der Waals surface area contributed by atoms with Crippen LogP contribution in [0.4, 0.5) is 8.78 Å². The van der Waals surface area contributed by atoms with Crippen LogP contribution in [-0.2, 0) is 11.2 Å². The molecule has 1 aromatic rings. The third kappa shape index (κ3) is 2.80. The lowest BCUT2D eigenvalue weighted by molar-refractivity contribution is 0.0223. The van der Waals surface area contributed by atoms with Crippen molar-refractivity contribution in [1.29, 1.82) is 5.26 Å². The van der Waals surface area contributed by atoms with Gasteiger partial charge in [-0.2, -0.15) is 5.26 Å². The molecule has 1 aliphatic rings. The Morgan fingerprint density at radius 3 is 2.53 bits per heavy atom. The first-order chi connectivity index (χ1) is 8.13. The molecule has 1 aromatic carbocycles. The largest absolute Gasteiger partial charge is 0.380 e. The molecule has 17 heavy (non-hydrogen) atoms. The highest BCUT2D eigenvalue weighted by Crippen LogP contribution is 2.32. The summed E-state index contributed by atoms with van der Waals surface area (Å²) in [6.45, 7) is 0.989. The van der Waals surface area contributed by atoms with Gasteiger partial charge in [0.25, 0.3) is 0 Å². The van der Waals surface area contributed by atoms with E-state index in [2.05, 4.69) is 6.07 Å². The number of nitrogens with zero attached hydrogens (tertiary/aromatic N) is 1. The smallest absolute Gasteiger partial charge is 0.126 e. The average molecular weight is 237 g/mol. The fraction of sp³-hybridized carbons (Fsp3) is 0.462. The molecule has 1 saturated heterocycles. The Balaban J connectivity index is 2.21. The number of hydrogen-bond donors (Lipinski definition) is 0. The maximum atomic E-state index is 13.1. The van der Waals surface area contributed by atoms with E-state index < -0.39 is 17.0 Å². The van der Waals surface area contributed by atoms with Crippen molar-refractivity contribution in [2.24, 2.45) is 5.41 Å². The van der Waals surface area contributed by atoms with Crippen LogP contribution in [0.3, 0.4) is 0 Å². The first-order valence-electron chi connectivity index (χ1n) is 5.58.